The number of nitrogens with zero attached hydrogens (tertiary/aromatic N) is 2. The van der Waals surface area contributed by atoms with E-state index in [9.17, 15) is 18.0 Å². The van der Waals surface area contributed by atoms with Crippen molar-refractivity contribution < 1.29 is 22.7 Å². The number of benzene rings is 3. The summed E-state index contributed by atoms with van der Waals surface area (Å²) in [4.78, 5) is 28.1. The minimum absolute atomic E-state index is 0.0461. The normalized spacial score (nSPS) is 18.4. The topological polar surface area (TPSA) is 96.0 Å². The molecule has 0 aromatic heterocycles. The van der Waals surface area contributed by atoms with Gasteiger partial charge in [0.2, 0.25) is 5.91 Å². The van der Waals surface area contributed by atoms with Crippen molar-refractivity contribution in [2.45, 2.75) is 30.2 Å². The predicted octanol–water partition coefficient (Wildman–Crippen LogP) is 4.51. The van der Waals surface area contributed by atoms with Crippen LogP contribution in [0, 0.1) is 0 Å². The highest BCUT2D eigenvalue weighted by molar-refractivity contribution is 7.93. The zero-order valence-corrected chi connectivity index (χ0v) is 23.7. The van der Waals surface area contributed by atoms with Crippen molar-refractivity contribution in [3.05, 3.63) is 87.4 Å². The number of ether oxygens (including phenoxy) is 1. The summed E-state index contributed by atoms with van der Waals surface area (Å²) in [6.07, 6.45) is 1.08. The van der Waals surface area contributed by atoms with Gasteiger partial charge in [-0.3, -0.25) is 14.9 Å². The average Bonchev–Trinajstić information content (AvgIpc) is 3.44. The molecule has 204 valence electrons. The quantitative estimate of drug-likeness (QED) is 0.390. The van der Waals surface area contributed by atoms with Crippen LogP contribution in [-0.4, -0.2) is 47.0 Å². The molecule has 2 amide bonds. The van der Waals surface area contributed by atoms with Crippen LogP contribution >= 0.6 is 23.2 Å². The van der Waals surface area contributed by atoms with Gasteiger partial charge in [-0.25, -0.2) is 12.7 Å². The molecule has 0 bridgehead atoms. The van der Waals surface area contributed by atoms with Crippen LogP contribution in [0.2, 0.25) is 10.0 Å². The highest BCUT2D eigenvalue weighted by atomic mass is 35.5. The van der Waals surface area contributed by atoms with Gasteiger partial charge >= 0.3 is 0 Å². The molecule has 1 atom stereocenters. The summed E-state index contributed by atoms with van der Waals surface area (Å²) in [6, 6.07) is 16.1. The van der Waals surface area contributed by atoms with Gasteiger partial charge in [-0.2, -0.15) is 0 Å². The molecule has 39 heavy (non-hydrogen) atoms. The van der Waals surface area contributed by atoms with E-state index in [0.717, 1.165) is 9.87 Å². The molecule has 2 heterocycles. The summed E-state index contributed by atoms with van der Waals surface area (Å²) in [5, 5.41) is 3.96. The van der Waals surface area contributed by atoms with E-state index in [2.05, 4.69) is 5.32 Å². The fourth-order valence-electron chi connectivity index (χ4n) is 5.36. The third kappa shape index (κ3) is 4.52. The number of methoxy groups -OCH3 is 1. The van der Waals surface area contributed by atoms with Gasteiger partial charge in [-0.15, -0.1) is 0 Å². The van der Waals surface area contributed by atoms with Crippen LogP contribution in [0.3, 0.4) is 0 Å². The number of rotatable bonds is 8. The number of carbonyl (C=O) groups is 2. The second kappa shape index (κ2) is 10.6. The minimum atomic E-state index is -4.37. The van der Waals surface area contributed by atoms with Crippen LogP contribution < -0.4 is 14.5 Å². The van der Waals surface area contributed by atoms with E-state index < -0.39 is 21.5 Å². The Morgan fingerprint density at radius 3 is 2.51 bits per heavy atom. The third-order valence-corrected chi connectivity index (χ3v) is 9.40. The number of nitrogens with one attached hydrogen (secondary N) is 1. The molecule has 2 aliphatic heterocycles. The molecule has 3 aromatic rings. The number of fused-ring (bicyclic) bond motifs is 2. The first-order chi connectivity index (χ1) is 18.6. The molecule has 5 rings (SSSR count). The van der Waals surface area contributed by atoms with Crippen molar-refractivity contribution in [3.63, 3.8) is 0 Å². The fourth-order valence-corrected chi connectivity index (χ4v) is 7.32. The molecule has 0 radical (unpaired) electrons. The summed E-state index contributed by atoms with van der Waals surface area (Å²) >= 11 is 13.0. The van der Waals surface area contributed by atoms with Gasteiger partial charge in [-0.05, 0) is 67.4 Å². The molecule has 3 aromatic carbocycles. The van der Waals surface area contributed by atoms with E-state index in [4.69, 9.17) is 27.9 Å². The van der Waals surface area contributed by atoms with Crippen LogP contribution in [0.5, 0.6) is 0 Å². The van der Waals surface area contributed by atoms with Gasteiger partial charge in [-0.1, -0.05) is 41.4 Å². The van der Waals surface area contributed by atoms with Crippen molar-refractivity contribution in [2.24, 2.45) is 0 Å². The molecule has 8 nitrogen and oxygen atoms in total. The third-order valence-electron chi connectivity index (χ3n) is 7.14. The Labute approximate surface area is 237 Å². The highest BCUT2D eigenvalue weighted by Crippen LogP contribution is 2.49. The number of carbonyl (C=O) groups excluding carboxylic acids is 2. The standard InChI is InChI=1S/C28H27Cl2N3O5S/c1-18(34)32-14-12-19-16-21(9-11-25(19)32)39(36,37)33-26-10-8-20(29)17-23(26)28(27(33)35,31-13-5-15-38-2)22-6-3-4-7-24(22)30/h3-4,6-11,16-17,31H,5,12-15H2,1-2H3. The second-order valence-electron chi connectivity index (χ2n) is 9.45. The lowest BCUT2D eigenvalue weighted by atomic mass is 9.83. The van der Waals surface area contributed by atoms with Gasteiger partial charge in [0.15, 0.2) is 5.54 Å². The van der Waals surface area contributed by atoms with Crippen LogP contribution in [0.4, 0.5) is 11.4 Å². The zero-order chi connectivity index (χ0) is 27.9. The maximum absolute atomic E-state index is 14.5. The summed E-state index contributed by atoms with van der Waals surface area (Å²) in [5.74, 6) is -0.829. The number of amides is 2. The SMILES string of the molecule is COCCCNC1(c2ccccc2Cl)C(=O)N(S(=O)(=O)c2ccc3c(c2)CCN3C(C)=O)c2ccc(Cl)cc21. The molecule has 0 fully saturated rings. The van der Waals surface area contributed by atoms with E-state index in [0.29, 0.717) is 59.4 Å². The van der Waals surface area contributed by atoms with Crippen molar-refractivity contribution in [3.8, 4) is 0 Å². The summed E-state index contributed by atoms with van der Waals surface area (Å²) in [6.45, 7) is 2.72. The zero-order valence-electron chi connectivity index (χ0n) is 21.4. The Morgan fingerprint density at radius 1 is 1.05 bits per heavy atom. The van der Waals surface area contributed by atoms with Crippen molar-refractivity contribution >= 4 is 56.4 Å². The van der Waals surface area contributed by atoms with E-state index in [-0.39, 0.29) is 16.5 Å². The Balaban J connectivity index is 1.67. The number of sulfonamides is 1. The van der Waals surface area contributed by atoms with E-state index in [1.54, 1.807) is 54.5 Å². The highest BCUT2D eigenvalue weighted by Gasteiger charge is 2.56. The molecule has 0 spiro atoms. The lowest BCUT2D eigenvalue weighted by Crippen LogP contribution is -2.53. The van der Waals surface area contributed by atoms with E-state index in [1.165, 1.54) is 25.1 Å². The average molecular weight is 589 g/mol. The lowest BCUT2D eigenvalue weighted by Gasteiger charge is -2.31. The van der Waals surface area contributed by atoms with E-state index in [1.807, 2.05) is 0 Å². The summed E-state index contributed by atoms with van der Waals surface area (Å²) in [7, 11) is -2.79. The Kier molecular flexibility index (Phi) is 7.47. The van der Waals surface area contributed by atoms with Crippen molar-refractivity contribution in [2.75, 3.05) is 36.0 Å². The molecule has 0 saturated heterocycles. The van der Waals surface area contributed by atoms with Crippen LogP contribution in [-0.2, 0) is 36.3 Å². The summed E-state index contributed by atoms with van der Waals surface area (Å²) < 4.78 is 34.4. The van der Waals surface area contributed by atoms with Gasteiger partial charge in [0.05, 0.1) is 10.6 Å². The van der Waals surface area contributed by atoms with Crippen LogP contribution in [0.15, 0.2) is 65.6 Å². The van der Waals surface area contributed by atoms with Crippen molar-refractivity contribution in [1.29, 1.82) is 0 Å². The molecular formula is C28H27Cl2N3O5S. The first-order valence-corrected chi connectivity index (χ1v) is 14.6. The Bertz CT molecular complexity index is 1580. The van der Waals surface area contributed by atoms with Gasteiger partial charge in [0, 0.05) is 54.0 Å². The van der Waals surface area contributed by atoms with Gasteiger partial charge < -0.3 is 9.64 Å². The maximum atomic E-state index is 14.5. The van der Waals surface area contributed by atoms with Crippen LogP contribution in [0.1, 0.15) is 30.0 Å². The van der Waals surface area contributed by atoms with Crippen LogP contribution in [0.25, 0.3) is 0 Å². The predicted molar refractivity (Wildman–Crippen MR) is 151 cm³/mol. The largest absolute Gasteiger partial charge is 0.385 e. The second-order valence-corrected chi connectivity index (χ2v) is 12.1. The van der Waals surface area contributed by atoms with Crippen molar-refractivity contribution in [1.82, 2.24) is 5.32 Å². The van der Waals surface area contributed by atoms with Gasteiger partial charge in [0.1, 0.15) is 0 Å². The Hall–Kier alpha value is -2.95. The molecule has 0 saturated carbocycles. The molecular weight excluding hydrogens is 561 g/mol. The monoisotopic (exact) mass is 587 g/mol. The lowest BCUT2D eigenvalue weighted by molar-refractivity contribution is -0.121. The van der Waals surface area contributed by atoms with E-state index >= 15 is 0 Å². The number of hydrogen-bond donors (Lipinski definition) is 1. The molecule has 11 heteroatoms. The summed E-state index contributed by atoms with van der Waals surface area (Å²) in [5.41, 5.74) is 0.784. The molecule has 2 aliphatic rings. The minimum Gasteiger partial charge on any atom is -0.385 e. The first kappa shape index (κ1) is 27.6. The molecule has 1 unspecified atom stereocenters. The maximum Gasteiger partial charge on any atom is 0.270 e. The number of anilines is 2. The fraction of sp³-hybridized carbons (Fsp3) is 0.286. The Morgan fingerprint density at radius 2 is 1.79 bits per heavy atom. The first-order valence-electron chi connectivity index (χ1n) is 12.4. The smallest absolute Gasteiger partial charge is 0.270 e. The number of halogens is 2. The van der Waals surface area contributed by atoms with Gasteiger partial charge in [0.25, 0.3) is 15.9 Å². The molecule has 0 aliphatic carbocycles. The number of hydrogen-bond acceptors (Lipinski definition) is 6. The molecule has 1 N–H and O–H groups in total.